The molecule has 200 valence electrons. The summed E-state index contributed by atoms with van der Waals surface area (Å²) in [5.74, 6) is 0.0903. The van der Waals surface area contributed by atoms with Gasteiger partial charge >= 0.3 is 6.03 Å². The van der Waals surface area contributed by atoms with Crippen LogP contribution >= 0.6 is 0 Å². The van der Waals surface area contributed by atoms with Gasteiger partial charge in [0.15, 0.2) is 0 Å². The van der Waals surface area contributed by atoms with Crippen LogP contribution in [0.25, 0.3) is 0 Å². The zero-order valence-electron chi connectivity index (χ0n) is 23.2. The van der Waals surface area contributed by atoms with E-state index in [-0.39, 0.29) is 29.7 Å². The van der Waals surface area contributed by atoms with Crippen LogP contribution in [0.4, 0.5) is 4.79 Å². The van der Waals surface area contributed by atoms with Crippen LogP contribution in [0.2, 0.25) is 0 Å². The molecular weight excluding hydrogens is 420 g/mol. The molecule has 4 amide bonds. The summed E-state index contributed by atoms with van der Waals surface area (Å²) in [7, 11) is 1.95. The van der Waals surface area contributed by atoms with Gasteiger partial charge in [-0.1, -0.05) is 68.2 Å². The molecule has 0 bridgehead atoms. The highest BCUT2D eigenvalue weighted by molar-refractivity contribution is 5.78. The van der Waals surface area contributed by atoms with Crippen molar-refractivity contribution in [3.63, 3.8) is 0 Å². The number of carbonyl (C=O) groups is 3. The summed E-state index contributed by atoms with van der Waals surface area (Å²) in [6.07, 6.45) is 4.92. The fourth-order valence-corrected chi connectivity index (χ4v) is 1.72. The molecule has 1 fully saturated rings. The molecule has 1 saturated carbocycles. The monoisotopic (exact) mass is 476 g/mol. The molecule has 0 aromatic rings. The fourth-order valence-electron chi connectivity index (χ4n) is 1.72. The van der Waals surface area contributed by atoms with Crippen molar-refractivity contribution in [2.24, 2.45) is 29.0 Å². The molecule has 0 saturated heterocycles. The molecule has 0 atom stereocenters. The molecule has 0 heterocycles. The van der Waals surface area contributed by atoms with E-state index in [1.807, 2.05) is 48.6 Å². The second-order valence-corrected chi connectivity index (χ2v) is 9.55. The van der Waals surface area contributed by atoms with Gasteiger partial charge in [0.1, 0.15) is 0 Å². The minimum absolute atomic E-state index is 0.00926. The third-order valence-electron chi connectivity index (χ3n) is 3.80. The number of urea groups is 1. The molecule has 9 N–H and O–H groups in total. The summed E-state index contributed by atoms with van der Waals surface area (Å²) >= 11 is 0. The van der Waals surface area contributed by atoms with E-state index >= 15 is 0 Å². The van der Waals surface area contributed by atoms with E-state index in [0.717, 1.165) is 0 Å². The van der Waals surface area contributed by atoms with E-state index in [2.05, 4.69) is 29.8 Å². The third kappa shape index (κ3) is 44.6. The number of nitrogens with one attached hydrogen (secondary N) is 3. The lowest BCUT2D eigenvalue weighted by Gasteiger charge is -2.13. The molecule has 33 heavy (non-hydrogen) atoms. The lowest BCUT2D eigenvalue weighted by molar-refractivity contribution is -0.124. The zero-order chi connectivity index (χ0) is 27.1. The fraction of sp³-hybridized carbons (Fsp3) is 0.875. The predicted octanol–water partition coefficient (Wildman–Crippen LogP) is 2.86. The lowest BCUT2D eigenvalue weighted by Crippen LogP contribution is -2.35. The first kappa shape index (κ1) is 38.4. The summed E-state index contributed by atoms with van der Waals surface area (Å²) in [5.41, 5.74) is 14.7. The number of primary amides is 2. The van der Waals surface area contributed by atoms with Crippen molar-refractivity contribution in [3.8, 4) is 0 Å². The summed E-state index contributed by atoms with van der Waals surface area (Å²) in [4.78, 5) is 31.0. The molecule has 0 aromatic heterocycles. The molecule has 0 aromatic carbocycles. The first-order valence-corrected chi connectivity index (χ1v) is 12.1. The highest BCUT2D eigenvalue weighted by Crippen LogP contribution is 2.17. The largest absolute Gasteiger partial charge is 0.369 e. The van der Waals surface area contributed by atoms with Crippen LogP contribution in [0.5, 0.6) is 0 Å². The van der Waals surface area contributed by atoms with Crippen LogP contribution in [0, 0.1) is 11.8 Å². The van der Waals surface area contributed by atoms with Gasteiger partial charge in [-0.25, -0.2) is 4.79 Å². The number of carbonyl (C=O) groups excluding carboxylic acids is 3. The minimum atomic E-state index is -0.463. The summed E-state index contributed by atoms with van der Waals surface area (Å²) < 4.78 is 0. The van der Waals surface area contributed by atoms with E-state index in [9.17, 15) is 14.4 Å². The van der Waals surface area contributed by atoms with Gasteiger partial charge in [0.2, 0.25) is 11.8 Å². The van der Waals surface area contributed by atoms with Gasteiger partial charge in [-0.15, -0.1) is 0 Å². The number of hydrogen-bond acceptors (Lipinski definition) is 5. The van der Waals surface area contributed by atoms with Crippen molar-refractivity contribution in [3.05, 3.63) is 0 Å². The number of amides is 4. The standard InChI is InChI=1S/C9H17NO.C4H10N2O.C4H9NO.C4H11N.C3H9N/c1-7(2)9(11)10-8-5-3-4-6-8;1-3(2)6-4(5)7;1-3(2)4(5)6;1-4(2)5-3;1-3(2)4/h7-8H,3-6H2,1-2H3,(H,10,11);3H,1-2H3,(H3,5,6,7);3H,1-2H3,(H2,5,6);4-5H,1-3H3;3H,4H2,1-2H3. The van der Waals surface area contributed by atoms with Gasteiger partial charge in [-0.05, 0) is 39.8 Å². The first-order valence-electron chi connectivity index (χ1n) is 12.1. The summed E-state index contributed by atoms with van der Waals surface area (Å²) in [6, 6.07) is 1.13. The maximum Gasteiger partial charge on any atom is 0.312 e. The van der Waals surface area contributed by atoms with Crippen molar-refractivity contribution in [1.29, 1.82) is 0 Å². The van der Waals surface area contributed by atoms with Crippen LogP contribution in [0.1, 0.15) is 94.9 Å². The molecule has 0 aliphatic heterocycles. The Balaban J connectivity index is -0.000000169. The Labute approximate surface area is 203 Å². The molecule has 0 radical (unpaired) electrons. The van der Waals surface area contributed by atoms with E-state index in [4.69, 9.17) is 17.2 Å². The Bertz CT molecular complexity index is 472. The second-order valence-electron chi connectivity index (χ2n) is 9.55. The minimum Gasteiger partial charge on any atom is -0.369 e. The van der Waals surface area contributed by atoms with Gasteiger partial charge in [-0.2, -0.15) is 0 Å². The highest BCUT2D eigenvalue weighted by Gasteiger charge is 2.17. The molecular formula is C24H56N6O3. The number of rotatable bonds is 5. The third-order valence-corrected chi connectivity index (χ3v) is 3.80. The maximum absolute atomic E-state index is 11.2. The summed E-state index contributed by atoms with van der Waals surface area (Å²) in [5, 5.41) is 8.51. The molecule has 9 nitrogen and oxygen atoms in total. The first-order chi connectivity index (χ1) is 15.0. The zero-order valence-corrected chi connectivity index (χ0v) is 23.2. The van der Waals surface area contributed by atoms with Crippen LogP contribution in [-0.4, -0.2) is 49.1 Å². The molecule has 1 aliphatic rings. The van der Waals surface area contributed by atoms with Gasteiger partial charge in [0, 0.05) is 30.0 Å². The van der Waals surface area contributed by atoms with Gasteiger partial charge in [-0.3, -0.25) is 9.59 Å². The Kier molecular flexibility index (Phi) is 28.8. The molecule has 0 spiro atoms. The molecule has 0 unspecified atom stereocenters. The Hall–Kier alpha value is -1.87. The second kappa shape index (κ2) is 24.8. The maximum atomic E-state index is 11.2. The van der Waals surface area contributed by atoms with E-state index in [0.29, 0.717) is 18.1 Å². The van der Waals surface area contributed by atoms with Crippen molar-refractivity contribution in [2.75, 3.05) is 7.05 Å². The average molecular weight is 477 g/mol. The van der Waals surface area contributed by atoms with Gasteiger partial charge in [0.05, 0.1) is 0 Å². The normalized spacial score (nSPS) is 12.5. The van der Waals surface area contributed by atoms with Crippen molar-refractivity contribution >= 4 is 17.8 Å². The molecule has 1 rings (SSSR count). The van der Waals surface area contributed by atoms with Gasteiger partial charge in [0.25, 0.3) is 0 Å². The van der Waals surface area contributed by atoms with Crippen molar-refractivity contribution in [2.45, 2.75) is 119 Å². The lowest BCUT2D eigenvalue weighted by atomic mass is 10.2. The summed E-state index contributed by atoms with van der Waals surface area (Å²) in [6.45, 7) is 19.2. The van der Waals surface area contributed by atoms with E-state index in [1.54, 1.807) is 13.8 Å². The van der Waals surface area contributed by atoms with Gasteiger partial charge < -0.3 is 33.2 Å². The Morgan fingerprint density at radius 3 is 1.24 bits per heavy atom. The van der Waals surface area contributed by atoms with Crippen LogP contribution in [0.3, 0.4) is 0 Å². The van der Waals surface area contributed by atoms with E-state index in [1.165, 1.54) is 25.7 Å². The Morgan fingerprint density at radius 1 is 0.758 bits per heavy atom. The van der Waals surface area contributed by atoms with Crippen LogP contribution in [0.15, 0.2) is 0 Å². The topological polar surface area (TPSA) is 165 Å². The van der Waals surface area contributed by atoms with Crippen LogP contribution < -0.4 is 33.2 Å². The average Bonchev–Trinajstić information content (AvgIpc) is 3.14. The van der Waals surface area contributed by atoms with Crippen molar-refractivity contribution < 1.29 is 14.4 Å². The quantitative estimate of drug-likeness (QED) is 0.358. The molecule has 9 heteroatoms. The Morgan fingerprint density at radius 2 is 1.09 bits per heavy atom. The van der Waals surface area contributed by atoms with Crippen LogP contribution in [-0.2, 0) is 9.59 Å². The number of hydrogen-bond donors (Lipinski definition) is 6. The predicted molar refractivity (Wildman–Crippen MR) is 141 cm³/mol. The molecule has 1 aliphatic carbocycles. The highest BCUT2D eigenvalue weighted by atomic mass is 16.2. The SMILES string of the molecule is CC(C)C(=O)NC1CCCC1.CC(C)C(N)=O.CC(C)N.CC(C)NC(N)=O.CNC(C)C. The number of nitrogens with two attached hydrogens (primary N) is 3. The van der Waals surface area contributed by atoms with Crippen molar-refractivity contribution in [1.82, 2.24) is 16.0 Å². The smallest absolute Gasteiger partial charge is 0.312 e. The van der Waals surface area contributed by atoms with E-state index < -0.39 is 6.03 Å².